The molecule has 140 valence electrons. The second-order valence-corrected chi connectivity index (χ2v) is 9.26. The minimum atomic E-state index is -3.66. The third-order valence-corrected chi connectivity index (χ3v) is 7.35. The molecule has 1 amide bonds. The largest absolute Gasteiger partial charge is 0.341 e. The number of hydrogen-bond donors (Lipinski definition) is 3. The Hall–Kier alpha value is -3.17. The van der Waals surface area contributed by atoms with Gasteiger partial charge in [0.05, 0.1) is 11.0 Å². The number of nitrogens with zero attached hydrogens (tertiary/aromatic N) is 1. The number of aromatic nitrogens is 2. The molecule has 1 atom stereocenters. The van der Waals surface area contributed by atoms with Crippen LogP contribution < -0.4 is 10.0 Å². The fraction of sp³-hybridized carbons (Fsp3) is 0.0526. The molecule has 0 spiro atoms. The van der Waals surface area contributed by atoms with Crippen LogP contribution in [0.3, 0.4) is 0 Å². The molecule has 0 saturated carbocycles. The first-order valence-electron chi connectivity index (χ1n) is 8.47. The van der Waals surface area contributed by atoms with Gasteiger partial charge in [0.25, 0.3) is 10.0 Å². The highest BCUT2D eigenvalue weighted by Crippen LogP contribution is 2.38. The van der Waals surface area contributed by atoms with Crippen molar-refractivity contribution >= 4 is 49.7 Å². The zero-order valence-corrected chi connectivity index (χ0v) is 16.0. The van der Waals surface area contributed by atoms with Crippen molar-refractivity contribution in [1.82, 2.24) is 9.97 Å². The summed E-state index contributed by atoms with van der Waals surface area (Å²) in [6, 6.07) is 15.8. The van der Waals surface area contributed by atoms with Crippen LogP contribution in [-0.4, -0.2) is 24.3 Å². The summed E-state index contributed by atoms with van der Waals surface area (Å²) in [5, 5.41) is 4.54. The van der Waals surface area contributed by atoms with Crippen LogP contribution in [0.4, 0.5) is 11.4 Å². The summed E-state index contributed by atoms with van der Waals surface area (Å²) in [6.07, 6.45) is 0. The molecule has 1 unspecified atom stereocenters. The number of carbonyl (C=O) groups excluding carboxylic acids is 1. The normalized spacial score (nSPS) is 16.1. The number of para-hydroxylation sites is 2. The molecule has 0 radical (unpaired) electrons. The Morgan fingerprint density at radius 1 is 1.07 bits per heavy atom. The molecule has 0 aliphatic carbocycles. The van der Waals surface area contributed by atoms with Crippen molar-refractivity contribution in [2.24, 2.45) is 0 Å². The SMILES string of the molecule is O=C1Nc2ccc(NS(=O)(=O)c3cccs3)cc2C1c1nc2ccccc2[nH]1. The Balaban J connectivity index is 1.54. The summed E-state index contributed by atoms with van der Waals surface area (Å²) >= 11 is 1.14. The monoisotopic (exact) mass is 410 g/mol. The molecule has 5 rings (SSSR count). The van der Waals surface area contributed by atoms with Gasteiger partial charge < -0.3 is 10.3 Å². The van der Waals surface area contributed by atoms with Gasteiger partial charge in [0.1, 0.15) is 16.0 Å². The standard InChI is InChI=1S/C19H14N4O3S2/c24-19-17(18-20-14-4-1-2-5-15(14)21-18)12-10-11(7-8-13(12)22-19)23-28(25,26)16-6-3-9-27-16/h1-10,17,23H,(H,20,21)(H,22,24). The molecular formula is C19H14N4O3S2. The summed E-state index contributed by atoms with van der Waals surface area (Å²) < 4.78 is 27.8. The van der Waals surface area contributed by atoms with Crippen molar-refractivity contribution < 1.29 is 13.2 Å². The molecule has 0 fully saturated rings. The molecule has 1 aliphatic rings. The van der Waals surface area contributed by atoms with E-state index in [1.165, 1.54) is 0 Å². The number of hydrogen-bond acceptors (Lipinski definition) is 5. The molecule has 1 aliphatic heterocycles. The third-order valence-electron chi connectivity index (χ3n) is 4.58. The number of amides is 1. The maximum atomic E-state index is 12.6. The fourth-order valence-corrected chi connectivity index (χ4v) is 5.37. The highest BCUT2D eigenvalue weighted by molar-refractivity contribution is 7.94. The van der Waals surface area contributed by atoms with Crippen LogP contribution in [0.1, 0.15) is 17.3 Å². The van der Waals surface area contributed by atoms with Crippen LogP contribution >= 0.6 is 11.3 Å². The number of benzene rings is 2. The molecule has 7 nitrogen and oxygen atoms in total. The van der Waals surface area contributed by atoms with Gasteiger partial charge in [-0.05, 0) is 47.3 Å². The molecule has 4 aromatic rings. The van der Waals surface area contributed by atoms with Crippen LogP contribution in [0, 0.1) is 0 Å². The minimum Gasteiger partial charge on any atom is -0.341 e. The summed E-state index contributed by atoms with van der Waals surface area (Å²) in [4.78, 5) is 20.3. The van der Waals surface area contributed by atoms with Gasteiger partial charge in [-0.1, -0.05) is 18.2 Å². The molecule has 2 aromatic heterocycles. The van der Waals surface area contributed by atoms with E-state index in [1.807, 2.05) is 24.3 Å². The average molecular weight is 410 g/mol. The van der Waals surface area contributed by atoms with Crippen LogP contribution in [-0.2, 0) is 14.8 Å². The van der Waals surface area contributed by atoms with Crippen LogP contribution in [0.25, 0.3) is 11.0 Å². The molecule has 9 heteroatoms. The predicted octanol–water partition coefficient (Wildman–Crippen LogP) is 3.51. The lowest BCUT2D eigenvalue weighted by Gasteiger charge is -2.10. The third kappa shape index (κ3) is 2.76. The van der Waals surface area contributed by atoms with Crippen LogP contribution in [0.5, 0.6) is 0 Å². The van der Waals surface area contributed by atoms with Crippen molar-refractivity contribution in [2.45, 2.75) is 10.1 Å². The summed E-state index contributed by atoms with van der Waals surface area (Å²) in [5.41, 5.74) is 3.33. The number of thiophene rings is 1. The maximum absolute atomic E-state index is 12.6. The van der Waals surface area contributed by atoms with Gasteiger partial charge in [-0.3, -0.25) is 9.52 Å². The van der Waals surface area contributed by atoms with E-state index in [9.17, 15) is 13.2 Å². The van der Waals surface area contributed by atoms with E-state index in [0.717, 1.165) is 22.4 Å². The van der Waals surface area contributed by atoms with Gasteiger partial charge in [-0.2, -0.15) is 0 Å². The number of imidazole rings is 1. The number of H-pyrrole nitrogens is 1. The van der Waals surface area contributed by atoms with E-state index in [0.29, 0.717) is 22.8 Å². The first-order valence-corrected chi connectivity index (χ1v) is 10.8. The molecule has 2 aromatic carbocycles. The van der Waals surface area contributed by atoms with Crippen molar-refractivity contribution in [3.8, 4) is 0 Å². The molecule has 0 saturated heterocycles. The lowest BCUT2D eigenvalue weighted by Crippen LogP contribution is -2.14. The number of carbonyl (C=O) groups is 1. The highest BCUT2D eigenvalue weighted by Gasteiger charge is 2.34. The Labute approximate surface area is 164 Å². The van der Waals surface area contributed by atoms with E-state index in [-0.39, 0.29) is 10.1 Å². The zero-order valence-electron chi connectivity index (χ0n) is 14.3. The molecule has 3 heterocycles. The second kappa shape index (κ2) is 6.18. The number of anilines is 2. The molecular weight excluding hydrogens is 396 g/mol. The zero-order chi connectivity index (χ0) is 19.3. The van der Waals surface area contributed by atoms with E-state index in [4.69, 9.17) is 0 Å². The fourth-order valence-electron chi connectivity index (χ4n) is 3.33. The quantitative estimate of drug-likeness (QED) is 0.479. The first-order chi connectivity index (χ1) is 13.5. The number of fused-ring (bicyclic) bond motifs is 2. The molecule has 0 bridgehead atoms. The number of aromatic amines is 1. The molecule has 3 N–H and O–H groups in total. The smallest absolute Gasteiger partial charge is 0.271 e. The Morgan fingerprint density at radius 2 is 1.93 bits per heavy atom. The topological polar surface area (TPSA) is 104 Å². The van der Waals surface area contributed by atoms with Gasteiger partial charge in [-0.25, -0.2) is 13.4 Å². The van der Waals surface area contributed by atoms with Gasteiger partial charge in [0, 0.05) is 11.4 Å². The number of nitrogens with one attached hydrogen (secondary N) is 3. The molecule has 28 heavy (non-hydrogen) atoms. The van der Waals surface area contributed by atoms with Crippen molar-refractivity contribution in [2.75, 3.05) is 10.0 Å². The Kier molecular flexibility index (Phi) is 3.74. The Bertz CT molecular complexity index is 1280. The summed E-state index contributed by atoms with van der Waals surface area (Å²) in [7, 11) is -3.66. The van der Waals surface area contributed by atoms with E-state index >= 15 is 0 Å². The second-order valence-electron chi connectivity index (χ2n) is 6.40. The van der Waals surface area contributed by atoms with Crippen LogP contribution in [0.15, 0.2) is 64.2 Å². The van der Waals surface area contributed by atoms with E-state index in [2.05, 4.69) is 20.0 Å². The minimum absolute atomic E-state index is 0.202. The maximum Gasteiger partial charge on any atom is 0.271 e. The lowest BCUT2D eigenvalue weighted by atomic mass is 9.99. The van der Waals surface area contributed by atoms with E-state index in [1.54, 1.807) is 35.7 Å². The number of rotatable bonds is 4. The van der Waals surface area contributed by atoms with Gasteiger partial charge in [0.15, 0.2) is 0 Å². The van der Waals surface area contributed by atoms with Gasteiger partial charge in [0.2, 0.25) is 5.91 Å². The first kappa shape index (κ1) is 17.0. The van der Waals surface area contributed by atoms with Crippen molar-refractivity contribution in [3.05, 3.63) is 71.4 Å². The van der Waals surface area contributed by atoms with E-state index < -0.39 is 15.9 Å². The van der Waals surface area contributed by atoms with Crippen molar-refractivity contribution in [1.29, 1.82) is 0 Å². The highest BCUT2D eigenvalue weighted by atomic mass is 32.2. The van der Waals surface area contributed by atoms with Crippen molar-refractivity contribution in [3.63, 3.8) is 0 Å². The lowest BCUT2D eigenvalue weighted by molar-refractivity contribution is -0.116. The van der Waals surface area contributed by atoms with Gasteiger partial charge >= 0.3 is 0 Å². The Morgan fingerprint density at radius 3 is 2.71 bits per heavy atom. The number of sulfonamides is 1. The summed E-state index contributed by atoms with van der Waals surface area (Å²) in [5.74, 6) is -0.309. The summed E-state index contributed by atoms with van der Waals surface area (Å²) in [6.45, 7) is 0. The predicted molar refractivity (Wildman–Crippen MR) is 108 cm³/mol. The van der Waals surface area contributed by atoms with Gasteiger partial charge in [-0.15, -0.1) is 11.3 Å². The average Bonchev–Trinajstić information content (AvgIpc) is 3.38. The van der Waals surface area contributed by atoms with Crippen LogP contribution in [0.2, 0.25) is 0 Å².